The molecule has 2 saturated heterocycles. The van der Waals surface area contributed by atoms with E-state index in [1.165, 1.54) is 52.2 Å². The monoisotopic (exact) mass is 254 g/mol. The van der Waals surface area contributed by atoms with Crippen LogP contribution in [0.3, 0.4) is 0 Å². The first-order valence-corrected chi connectivity index (χ1v) is 7.54. The molecule has 1 N–H and O–H groups in total. The molecule has 2 aliphatic heterocycles. The normalized spacial score (nSPS) is 29.7. The highest BCUT2D eigenvalue weighted by Crippen LogP contribution is 2.12. The molecule has 0 aliphatic carbocycles. The first kappa shape index (κ1) is 14.3. The summed E-state index contributed by atoms with van der Waals surface area (Å²) in [6.45, 7) is 14.4. The molecule has 2 aliphatic rings. The molecule has 2 rings (SSSR count). The highest BCUT2D eigenvalue weighted by atomic mass is 15.3. The zero-order chi connectivity index (χ0) is 13.0. The number of hydrogen-bond donors (Lipinski definition) is 1. The topological polar surface area (TPSA) is 21.8 Å². The average Bonchev–Trinajstić information content (AvgIpc) is 2.60. The molecular formula is C14H30N4. The molecule has 4 heteroatoms. The average molecular weight is 254 g/mol. The van der Waals surface area contributed by atoms with Crippen molar-refractivity contribution in [1.82, 2.24) is 20.0 Å². The van der Waals surface area contributed by atoms with Crippen LogP contribution in [0.2, 0.25) is 0 Å². The SMILES string of the molecule is CC(C)N1CCN(C)C(CN2CCCNCC2)C1. The Hall–Kier alpha value is -0.160. The second-order valence-corrected chi connectivity index (χ2v) is 6.13. The van der Waals surface area contributed by atoms with Crippen molar-refractivity contribution in [2.24, 2.45) is 0 Å². The lowest BCUT2D eigenvalue weighted by atomic mass is 10.1. The van der Waals surface area contributed by atoms with Gasteiger partial charge in [0.2, 0.25) is 0 Å². The second kappa shape index (κ2) is 6.85. The molecule has 0 radical (unpaired) electrons. The van der Waals surface area contributed by atoms with Gasteiger partial charge in [-0.2, -0.15) is 0 Å². The van der Waals surface area contributed by atoms with Crippen molar-refractivity contribution in [2.45, 2.75) is 32.4 Å². The highest BCUT2D eigenvalue weighted by molar-refractivity contribution is 4.84. The van der Waals surface area contributed by atoms with Crippen LogP contribution in [0.1, 0.15) is 20.3 Å². The van der Waals surface area contributed by atoms with E-state index < -0.39 is 0 Å². The van der Waals surface area contributed by atoms with Crippen LogP contribution in [0.15, 0.2) is 0 Å². The van der Waals surface area contributed by atoms with Gasteiger partial charge in [-0.15, -0.1) is 0 Å². The van der Waals surface area contributed by atoms with Crippen LogP contribution >= 0.6 is 0 Å². The van der Waals surface area contributed by atoms with Crippen molar-refractivity contribution in [2.75, 3.05) is 59.4 Å². The first-order chi connectivity index (χ1) is 8.66. The zero-order valence-corrected chi connectivity index (χ0v) is 12.4. The molecule has 0 spiro atoms. The third-order valence-corrected chi connectivity index (χ3v) is 4.44. The van der Waals surface area contributed by atoms with Gasteiger partial charge in [-0.1, -0.05) is 0 Å². The van der Waals surface area contributed by atoms with Crippen LogP contribution in [0.25, 0.3) is 0 Å². The molecule has 0 amide bonds. The maximum absolute atomic E-state index is 3.49. The number of piperazine rings is 1. The Bertz CT molecular complexity index is 236. The van der Waals surface area contributed by atoms with Crippen LogP contribution in [0.4, 0.5) is 0 Å². The van der Waals surface area contributed by atoms with Gasteiger partial charge in [-0.25, -0.2) is 0 Å². The number of hydrogen-bond acceptors (Lipinski definition) is 4. The minimum Gasteiger partial charge on any atom is -0.315 e. The molecule has 0 aromatic heterocycles. The minimum atomic E-state index is 0.687. The van der Waals surface area contributed by atoms with E-state index in [4.69, 9.17) is 0 Å². The molecule has 1 atom stereocenters. The molecule has 0 aromatic carbocycles. The lowest BCUT2D eigenvalue weighted by Gasteiger charge is -2.43. The van der Waals surface area contributed by atoms with Crippen LogP contribution in [-0.4, -0.2) is 86.2 Å². The fourth-order valence-electron chi connectivity index (χ4n) is 3.02. The van der Waals surface area contributed by atoms with Crippen molar-refractivity contribution in [3.05, 3.63) is 0 Å². The molecule has 106 valence electrons. The van der Waals surface area contributed by atoms with Crippen molar-refractivity contribution in [3.8, 4) is 0 Å². The van der Waals surface area contributed by atoms with Crippen LogP contribution in [0, 0.1) is 0 Å². The Morgan fingerprint density at radius 3 is 2.72 bits per heavy atom. The summed E-state index contributed by atoms with van der Waals surface area (Å²) in [4.78, 5) is 7.82. The van der Waals surface area contributed by atoms with Crippen molar-refractivity contribution in [3.63, 3.8) is 0 Å². The summed E-state index contributed by atoms with van der Waals surface area (Å²) in [7, 11) is 2.29. The Balaban J connectivity index is 1.85. The highest BCUT2D eigenvalue weighted by Gasteiger charge is 2.27. The van der Waals surface area contributed by atoms with Gasteiger partial charge in [-0.05, 0) is 40.4 Å². The van der Waals surface area contributed by atoms with Crippen molar-refractivity contribution < 1.29 is 0 Å². The van der Waals surface area contributed by atoms with E-state index in [0.717, 1.165) is 6.54 Å². The maximum Gasteiger partial charge on any atom is 0.0348 e. The fourth-order valence-corrected chi connectivity index (χ4v) is 3.02. The third kappa shape index (κ3) is 3.92. The molecule has 2 heterocycles. The first-order valence-electron chi connectivity index (χ1n) is 7.54. The quantitative estimate of drug-likeness (QED) is 0.782. The van der Waals surface area contributed by atoms with Crippen LogP contribution in [-0.2, 0) is 0 Å². The van der Waals surface area contributed by atoms with Gasteiger partial charge in [-0.3, -0.25) is 9.80 Å². The van der Waals surface area contributed by atoms with Gasteiger partial charge < -0.3 is 10.2 Å². The van der Waals surface area contributed by atoms with E-state index in [2.05, 4.69) is 40.9 Å². The summed E-state index contributed by atoms with van der Waals surface area (Å²) in [6, 6.07) is 1.39. The summed E-state index contributed by atoms with van der Waals surface area (Å²) in [5, 5.41) is 3.49. The number of nitrogens with zero attached hydrogens (tertiary/aromatic N) is 3. The van der Waals surface area contributed by atoms with Gasteiger partial charge in [0.05, 0.1) is 0 Å². The van der Waals surface area contributed by atoms with E-state index >= 15 is 0 Å². The second-order valence-electron chi connectivity index (χ2n) is 6.13. The Morgan fingerprint density at radius 1 is 1.11 bits per heavy atom. The smallest absolute Gasteiger partial charge is 0.0348 e. The summed E-state index contributed by atoms with van der Waals surface area (Å²) in [6.07, 6.45) is 1.30. The van der Waals surface area contributed by atoms with Crippen LogP contribution in [0.5, 0.6) is 0 Å². The number of rotatable bonds is 3. The summed E-state index contributed by atoms with van der Waals surface area (Å²) in [5.74, 6) is 0. The van der Waals surface area contributed by atoms with E-state index in [1.54, 1.807) is 0 Å². The predicted molar refractivity (Wildman–Crippen MR) is 77.1 cm³/mol. The standard InChI is InChI=1S/C14H30N4/c1-13(2)18-10-9-16(3)14(12-18)11-17-7-4-5-15-6-8-17/h13-15H,4-12H2,1-3H3. The van der Waals surface area contributed by atoms with Crippen molar-refractivity contribution >= 4 is 0 Å². The largest absolute Gasteiger partial charge is 0.315 e. The fraction of sp³-hybridized carbons (Fsp3) is 1.00. The Kier molecular flexibility index (Phi) is 5.42. The Morgan fingerprint density at radius 2 is 1.94 bits per heavy atom. The Labute approximate surface area is 112 Å². The maximum atomic E-state index is 3.49. The lowest BCUT2D eigenvalue weighted by molar-refractivity contribution is 0.0540. The van der Waals surface area contributed by atoms with E-state index in [-0.39, 0.29) is 0 Å². The minimum absolute atomic E-state index is 0.687. The molecule has 1 unspecified atom stereocenters. The molecule has 0 aromatic rings. The predicted octanol–water partition coefficient (Wildman–Crippen LogP) is 0.306. The van der Waals surface area contributed by atoms with E-state index in [1.807, 2.05) is 0 Å². The van der Waals surface area contributed by atoms with Crippen molar-refractivity contribution in [1.29, 1.82) is 0 Å². The van der Waals surface area contributed by atoms with Gasteiger partial charge in [0.25, 0.3) is 0 Å². The van der Waals surface area contributed by atoms with Gasteiger partial charge in [0.1, 0.15) is 0 Å². The van der Waals surface area contributed by atoms with Gasteiger partial charge in [0, 0.05) is 51.4 Å². The number of nitrogens with one attached hydrogen (secondary N) is 1. The third-order valence-electron chi connectivity index (χ3n) is 4.44. The van der Waals surface area contributed by atoms with E-state index in [9.17, 15) is 0 Å². The lowest BCUT2D eigenvalue weighted by Crippen LogP contribution is -2.57. The number of likely N-dealkylation sites (N-methyl/N-ethyl adjacent to an activating group) is 1. The molecule has 18 heavy (non-hydrogen) atoms. The van der Waals surface area contributed by atoms with E-state index in [0.29, 0.717) is 12.1 Å². The zero-order valence-electron chi connectivity index (χ0n) is 12.4. The summed E-state index contributed by atoms with van der Waals surface area (Å²) < 4.78 is 0. The summed E-state index contributed by atoms with van der Waals surface area (Å²) >= 11 is 0. The molecule has 0 saturated carbocycles. The molecule has 2 fully saturated rings. The molecule has 0 bridgehead atoms. The van der Waals surface area contributed by atoms with Gasteiger partial charge >= 0.3 is 0 Å². The molecule has 4 nitrogen and oxygen atoms in total. The molecular weight excluding hydrogens is 224 g/mol. The van der Waals surface area contributed by atoms with Gasteiger partial charge in [0.15, 0.2) is 0 Å². The van der Waals surface area contributed by atoms with Crippen LogP contribution < -0.4 is 5.32 Å². The summed E-state index contributed by atoms with van der Waals surface area (Å²) in [5.41, 5.74) is 0.